The van der Waals surface area contributed by atoms with E-state index in [9.17, 15) is 14.4 Å². The van der Waals surface area contributed by atoms with E-state index in [1.807, 2.05) is 13.8 Å². The molecule has 0 atom stereocenters. The molecule has 0 radical (unpaired) electrons. The van der Waals surface area contributed by atoms with Gasteiger partial charge in [-0.25, -0.2) is 10.2 Å². The molecule has 0 saturated heterocycles. The number of hydrogen-bond acceptors (Lipinski definition) is 4. The summed E-state index contributed by atoms with van der Waals surface area (Å²) in [6.45, 7) is 4.05. The smallest absolute Gasteiger partial charge is 0.426 e. The third-order valence-corrected chi connectivity index (χ3v) is 2.21. The minimum absolute atomic E-state index is 0.203. The number of nitrogens with one attached hydrogen (secondary N) is 3. The molecule has 108 valence electrons. The first-order chi connectivity index (χ1) is 9.54. The summed E-state index contributed by atoms with van der Waals surface area (Å²) in [5, 5.41) is 2.40. The van der Waals surface area contributed by atoms with Crippen molar-refractivity contribution in [1.82, 2.24) is 10.9 Å². The highest BCUT2D eigenvalue weighted by molar-refractivity contribution is 6.01. The monoisotopic (exact) mass is 279 g/mol. The number of benzene rings is 1. The molecule has 0 bridgehead atoms. The fourth-order valence-electron chi connectivity index (χ4n) is 1.32. The normalized spacial score (nSPS) is 9.75. The van der Waals surface area contributed by atoms with Crippen molar-refractivity contribution in [1.29, 1.82) is 0 Å². The summed E-state index contributed by atoms with van der Waals surface area (Å²) in [6.07, 6.45) is -0.274. The van der Waals surface area contributed by atoms with Gasteiger partial charge in [-0.05, 0) is 18.1 Å². The van der Waals surface area contributed by atoms with Crippen molar-refractivity contribution in [2.24, 2.45) is 5.92 Å². The maximum atomic E-state index is 11.8. The van der Waals surface area contributed by atoms with Gasteiger partial charge in [-0.3, -0.25) is 15.0 Å². The Balaban J connectivity index is 2.54. The van der Waals surface area contributed by atoms with Crippen molar-refractivity contribution in [3.8, 4) is 0 Å². The summed E-state index contributed by atoms with van der Waals surface area (Å²) in [7, 11) is 0. The van der Waals surface area contributed by atoms with E-state index in [-0.39, 0.29) is 18.1 Å². The summed E-state index contributed by atoms with van der Waals surface area (Å²) in [6, 6.07) is 6.40. The molecule has 20 heavy (non-hydrogen) atoms. The van der Waals surface area contributed by atoms with Gasteiger partial charge in [-0.1, -0.05) is 26.0 Å². The fraction of sp³-hybridized carbons (Fsp3) is 0.308. The third kappa shape index (κ3) is 4.97. The maximum absolute atomic E-state index is 11.8. The average Bonchev–Trinajstić information content (AvgIpc) is 2.43. The Labute approximate surface area is 116 Å². The van der Waals surface area contributed by atoms with Crippen LogP contribution in [-0.2, 0) is 9.53 Å². The first kappa shape index (κ1) is 15.5. The van der Waals surface area contributed by atoms with Gasteiger partial charge in [0.15, 0.2) is 0 Å². The zero-order valence-corrected chi connectivity index (χ0v) is 11.3. The molecule has 7 nitrogen and oxygen atoms in total. The Bertz CT molecular complexity index is 488. The van der Waals surface area contributed by atoms with Gasteiger partial charge in [0.05, 0.1) is 17.9 Å². The topological polar surface area (TPSA) is 96.5 Å². The molecule has 0 fully saturated rings. The van der Waals surface area contributed by atoms with Crippen LogP contribution in [0.15, 0.2) is 24.3 Å². The van der Waals surface area contributed by atoms with Gasteiger partial charge < -0.3 is 10.1 Å². The minimum Gasteiger partial charge on any atom is -0.448 e. The van der Waals surface area contributed by atoms with Crippen molar-refractivity contribution in [2.75, 3.05) is 11.9 Å². The van der Waals surface area contributed by atoms with Crippen LogP contribution in [0.5, 0.6) is 0 Å². The van der Waals surface area contributed by atoms with E-state index in [2.05, 4.69) is 16.2 Å². The standard InChI is InChI=1S/C13H17N3O4/c1-9(2)7-20-13(19)16-15-12(18)10-5-3-4-6-11(10)14-8-17/h3-6,8-9H,7H2,1-2H3,(H,14,17)(H,15,18)(H,16,19). The van der Waals surface area contributed by atoms with Crippen LogP contribution in [0.4, 0.5) is 10.5 Å². The number of para-hydroxylation sites is 1. The van der Waals surface area contributed by atoms with E-state index in [1.165, 1.54) is 6.07 Å². The van der Waals surface area contributed by atoms with Gasteiger partial charge in [0.1, 0.15) is 0 Å². The van der Waals surface area contributed by atoms with Crippen molar-refractivity contribution in [2.45, 2.75) is 13.8 Å². The molecular formula is C13H17N3O4. The lowest BCUT2D eigenvalue weighted by Crippen LogP contribution is -2.42. The molecule has 0 saturated carbocycles. The molecule has 7 heteroatoms. The second-order valence-corrected chi connectivity index (χ2v) is 4.38. The quantitative estimate of drug-likeness (QED) is 0.558. The average molecular weight is 279 g/mol. The SMILES string of the molecule is CC(C)COC(=O)NNC(=O)c1ccccc1NC=O. The molecule has 3 amide bonds. The Hall–Kier alpha value is -2.57. The van der Waals surface area contributed by atoms with E-state index >= 15 is 0 Å². The number of ether oxygens (including phenoxy) is 1. The van der Waals surface area contributed by atoms with E-state index < -0.39 is 12.0 Å². The van der Waals surface area contributed by atoms with Crippen molar-refractivity contribution in [3.05, 3.63) is 29.8 Å². The zero-order valence-electron chi connectivity index (χ0n) is 11.3. The highest BCUT2D eigenvalue weighted by atomic mass is 16.6. The molecular weight excluding hydrogens is 262 g/mol. The van der Waals surface area contributed by atoms with E-state index in [1.54, 1.807) is 18.2 Å². The van der Waals surface area contributed by atoms with Crippen molar-refractivity contribution >= 4 is 24.1 Å². The van der Waals surface area contributed by atoms with Crippen molar-refractivity contribution in [3.63, 3.8) is 0 Å². The Kier molecular flexibility index (Phi) is 6.02. The molecule has 0 aliphatic carbocycles. The number of anilines is 1. The van der Waals surface area contributed by atoms with Gasteiger partial charge in [0.25, 0.3) is 5.91 Å². The minimum atomic E-state index is -0.743. The number of hydrogen-bond donors (Lipinski definition) is 3. The lowest BCUT2D eigenvalue weighted by atomic mass is 10.1. The van der Waals surface area contributed by atoms with E-state index in [0.29, 0.717) is 12.1 Å². The Morgan fingerprint density at radius 2 is 1.95 bits per heavy atom. The molecule has 1 rings (SSSR count). The lowest BCUT2D eigenvalue weighted by molar-refractivity contribution is -0.105. The molecule has 0 aromatic heterocycles. The molecule has 0 unspecified atom stereocenters. The molecule has 0 spiro atoms. The first-order valence-corrected chi connectivity index (χ1v) is 6.07. The number of rotatable bonds is 5. The number of hydrazine groups is 1. The van der Waals surface area contributed by atoms with Crippen LogP contribution in [-0.4, -0.2) is 25.0 Å². The van der Waals surface area contributed by atoms with Gasteiger partial charge in [0, 0.05) is 0 Å². The second-order valence-electron chi connectivity index (χ2n) is 4.38. The Morgan fingerprint density at radius 1 is 1.25 bits per heavy atom. The molecule has 0 aliphatic rings. The summed E-state index contributed by atoms with van der Waals surface area (Å²) in [5.74, 6) is -0.356. The van der Waals surface area contributed by atoms with Gasteiger partial charge in [-0.2, -0.15) is 0 Å². The highest BCUT2D eigenvalue weighted by Crippen LogP contribution is 2.13. The second kappa shape index (κ2) is 7.78. The molecule has 1 aromatic rings. The fourth-order valence-corrected chi connectivity index (χ4v) is 1.32. The van der Waals surface area contributed by atoms with Crippen LogP contribution in [0.3, 0.4) is 0 Å². The summed E-state index contributed by atoms with van der Waals surface area (Å²) >= 11 is 0. The molecule has 1 aromatic carbocycles. The zero-order chi connectivity index (χ0) is 15.0. The van der Waals surface area contributed by atoms with Gasteiger partial charge >= 0.3 is 6.09 Å². The van der Waals surface area contributed by atoms with Crippen LogP contribution < -0.4 is 16.2 Å². The van der Waals surface area contributed by atoms with Gasteiger partial charge in [0.2, 0.25) is 6.41 Å². The van der Waals surface area contributed by atoms with Crippen LogP contribution >= 0.6 is 0 Å². The molecule has 0 heterocycles. The highest BCUT2D eigenvalue weighted by Gasteiger charge is 2.12. The van der Waals surface area contributed by atoms with Crippen LogP contribution in [0.2, 0.25) is 0 Å². The van der Waals surface area contributed by atoms with E-state index in [0.717, 1.165) is 0 Å². The summed E-state index contributed by atoms with van der Waals surface area (Å²) in [4.78, 5) is 33.6. The van der Waals surface area contributed by atoms with Crippen LogP contribution in [0.1, 0.15) is 24.2 Å². The lowest BCUT2D eigenvalue weighted by Gasteiger charge is -2.11. The number of amides is 3. The first-order valence-electron chi connectivity index (χ1n) is 6.07. The van der Waals surface area contributed by atoms with Crippen LogP contribution in [0.25, 0.3) is 0 Å². The van der Waals surface area contributed by atoms with E-state index in [4.69, 9.17) is 4.74 Å². The maximum Gasteiger partial charge on any atom is 0.426 e. The summed E-state index contributed by atoms with van der Waals surface area (Å²) < 4.78 is 4.83. The largest absolute Gasteiger partial charge is 0.448 e. The Morgan fingerprint density at radius 3 is 2.60 bits per heavy atom. The summed E-state index contributed by atoms with van der Waals surface area (Å²) in [5.41, 5.74) is 4.90. The third-order valence-electron chi connectivity index (χ3n) is 2.21. The number of carbonyl (C=O) groups is 3. The predicted octanol–water partition coefficient (Wildman–Crippen LogP) is 1.28. The molecule has 0 aliphatic heterocycles. The van der Waals surface area contributed by atoms with Crippen LogP contribution in [0, 0.1) is 5.92 Å². The van der Waals surface area contributed by atoms with Gasteiger partial charge in [-0.15, -0.1) is 0 Å². The predicted molar refractivity (Wildman–Crippen MR) is 72.9 cm³/mol. The van der Waals surface area contributed by atoms with Crippen molar-refractivity contribution < 1.29 is 19.1 Å². The number of carbonyl (C=O) groups excluding carboxylic acids is 3. The molecule has 3 N–H and O–H groups in total.